The Hall–Kier alpha value is -3.02. The number of benzene rings is 2. The van der Waals surface area contributed by atoms with Crippen LogP contribution in [0.4, 0.5) is 0 Å². The zero-order valence-corrected chi connectivity index (χ0v) is 17.1. The number of likely N-dealkylation sites (N-methyl/N-ethyl adjacent to an activating group) is 1. The van der Waals surface area contributed by atoms with E-state index < -0.39 is 0 Å². The predicted molar refractivity (Wildman–Crippen MR) is 114 cm³/mol. The highest BCUT2D eigenvalue weighted by Crippen LogP contribution is 2.14. The van der Waals surface area contributed by atoms with Gasteiger partial charge in [-0.3, -0.25) is 9.79 Å². The Morgan fingerprint density at radius 1 is 1.11 bits per heavy atom. The van der Waals surface area contributed by atoms with Crippen molar-refractivity contribution in [2.45, 2.75) is 19.4 Å². The molecule has 2 aromatic carbocycles. The molecule has 28 heavy (non-hydrogen) atoms. The number of rotatable bonds is 8. The molecule has 0 spiro atoms. The molecule has 6 heteroatoms. The van der Waals surface area contributed by atoms with Crippen LogP contribution in [0.1, 0.15) is 24.0 Å². The number of hydrogen-bond donors (Lipinski definition) is 2. The van der Waals surface area contributed by atoms with Gasteiger partial charge in [-0.2, -0.15) is 0 Å². The van der Waals surface area contributed by atoms with Crippen molar-refractivity contribution in [3.63, 3.8) is 0 Å². The third-order valence-electron chi connectivity index (χ3n) is 4.39. The monoisotopic (exact) mass is 382 g/mol. The van der Waals surface area contributed by atoms with Gasteiger partial charge >= 0.3 is 0 Å². The van der Waals surface area contributed by atoms with E-state index in [1.165, 1.54) is 10.5 Å². The summed E-state index contributed by atoms with van der Waals surface area (Å²) >= 11 is 0. The SMILES string of the molecule is CN=C(NCc1cccc(OCC(=O)N(C)C)c1)NCC(C)c1ccccc1. The number of amides is 1. The first-order valence-corrected chi connectivity index (χ1v) is 9.41. The Morgan fingerprint density at radius 3 is 2.54 bits per heavy atom. The van der Waals surface area contributed by atoms with Crippen LogP contribution in [0.2, 0.25) is 0 Å². The normalized spacial score (nSPS) is 12.2. The van der Waals surface area contributed by atoms with E-state index in [9.17, 15) is 4.79 Å². The summed E-state index contributed by atoms with van der Waals surface area (Å²) in [6, 6.07) is 18.1. The molecule has 0 saturated carbocycles. The van der Waals surface area contributed by atoms with E-state index in [1.807, 2.05) is 30.3 Å². The topological polar surface area (TPSA) is 66.0 Å². The minimum absolute atomic E-state index is 0.0322. The molecule has 1 unspecified atom stereocenters. The maximum absolute atomic E-state index is 11.6. The van der Waals surface area contributed by atoms with Crippen LogP contribution in [0.5, 0.6) is 5.75 Å². The minimum Gasteiger partial charge on any atom is -0.484 e. The lowest BCUT2D eigenvalue weighted by molar-refractivity contribution is -0.130. The molecule has 0 aliphatic carbocycles. The van der Waals surface area contributed by atoms with E-state index in [2.05, 4.69) is 46.8 Å². The third-order valence-corrected chi connectivity index (χ3v) is 4.39. The van der Waals surface area contributed by atoms with Gasteiger partial charge in [-0.25, -0.2) is 0 Å². The molecule has 1 amide bonds. The Balaban J connectivity index is 1.82. The van der Waals surface area contributed by atoms with E-state index >= 15 is 0 Å². The lowest BCUT2D eigenvalue weighted by Crippen LogP contribution is -2.38. The number of aliphatic imine (C=N–C) groups is 1. The number of nitrogens with zero attached hydrogens (tertiary/aromatic N) is 2. The van der Waals surface area contributed by atoms with E-state index in [0.717, 1.165) is 18.1 Å². The first-order valence-electron chi connectivity index (χ1n) is 9.41. The Morgan fingerprint density at radius 2 is 1.86 bits per heavy atom. The van der Waals surface area contributed by atoms with Gasteiger partial charge in [0.25, 0.3) is 5.91 Å². The largest absolute Gasteiger partial charge is 0.484 e. The summed E-state index contributed by atoms with van der Waals surface area (Å²) in [7, 11) is 5.18. The molecule has 0 saturated heterocycles. The van der Waals surface area contributed by atoms with Crippen molar-refractivity contribution in [1.82, 2.24) is 15.5 Å². The van der Waals surface area contributed by atoms with Crippen LogP contribution in [0.25, 0.3) is 0 Å². The van der Waals surface area contributed by atoms with Crippen LogP contribution in [-0.4, -0.2) is 51.1 Å². The molecule has 0 aliphatic heterocycles. The summed E-state index contributed by atoms with van der Waals surface area (Å²) in [6.07, 6.45) is 0. The number of guanidine groups is 1. The van der Waals surface area contributed by atoms with Gasteiger partial charge in [-0.05, 0) is 29.2 Å². The van der Waals surface area contributed by atoms with E-state index in [4.69, 9.17) is 4.74 Å². The van der Waals surface area contributed by atoms with E-state index in [0.29, 0.717) is 18.2 Å². The molecular formula is C22H30N4O2. The van der Waals surface area contributed by atoms with Gasteiger partial charge in [-0.1, -0.05) is 49.4 Å². The summed E-state index contributed by atoms with van der Waals surface area (Å²) in [6.45, 7) is 3.62. The molecule has 2 N–H and O–H groups in total. The molecule has 1 atom stereocenters. The molecule has 2 rings (SSSR count). The first-order chi connectivity index (χ1) is 13.5. The van der Waals surface area contributed by atoms with Crippen LogP contribution in [0, 0.1) is 0 Å². The van der Waals surface area contributed by atoms with Gasteiger partial charge in [0, 0.05) is 34.2 Å². The Kier molecular flexibility index (Phi) is 8.34. The Labute approximate surface area is 167 Å². The van der Waals surface area contributed by atoms with Crippen molar-refractivity contribution >= 4 is 11.9 Å². The molecule has 0 aromatic heterocycles. The highest BCUT2D eigenvalue weighted by atomic mass is 16.5. The average molecular weight is 383 g/mol. The number of carbonyl (C=O) groups is 1. The van der Waals surface area contributed by atoms with Gasteiger partial charge in [0.05, 0.1) is 0 Å². The van der Waals surface area contributed by atoms with Crippen LogP contribution in [-0.2, 0) is 11.3 Å². The second kappa shape index (κ2) is 11.0. The fraction of sp³-hybridized carbons (Fsp3) is 0.364. The second-order valence-electron chi connectivity index (χ2n) is 6.84. The van der Waals surface area contributed by atoms with Crippen LogP contribution in [0.3, 0.4) is 0 Å². The standard InChI is InChI=1S/C22H30N4O2/c1-17(19-10-6-5-7-11-19)14-24-22(23-2)25-15-18-9-8-12-20(13-18)28-16-21(27)26(3)4/h5-13,17H,14-16H2,1-4H3,(H2,23,24,25). The minimum atomic E-state index is -0.0688. The summed E-state index contributed by atoms with van der Waals surface area (Å²) in [5.41, 5.74) is 2.34. The van der Waals surface area contributed by atoms with Gasteiger partial charge < -0.3 is 20.3 Å². The summed E-state index contributed by atoms with van der Waals surface area (Å²) in [4.78, 5) is 17.4. The van der Waals surface area contributed by atoms with Crippen LogP contribution >= 0.6 is 0 Å². The average Bonchev–Trinajstić information content (AvgIpc) is 2.72. The first kappa shape index (κ1) is 21.3. The summed E-state index contributed by atoms with van der Waals surface area (Å²) in [5.74, 6) is 1.73. The van der Waals surface area contributed by atoms with Crippen LogP contribution in [0.15, 0.2) is 59.6 Å². The maximum atomic E-state index is 11.6. The fourth-order valence-corrected chi connectivity index (χ4v) is 2.57. The lowest BCUT2D eigenvalue weighted by atomic mass is 10.0. The Bertz CT molecular complexity index is 775. The maximum Gasteiger partial charge on any atom is 0.259 e. The van der Waals surface area contributed by atoms with Crippen molar-refractivity contribution in [3.05, 3.63) is 65.7 Å². The molecule has 2 aromatic rings. The molecular weight excluding hydrogens is 352 g/mol. The highest BCUT2D eigenvalue weighted by molar-refractivity contribution is 5.79. The zero-order valence-electron chi connectivity index (χ0n) is 17.1. The van der Waals surface area contributed by atoms with Crippen molar-refractivity contribution in [1.29, 1.82) is 0 Å². The predicted octanol–water partition coefficient (Wildman–Crippen LogP) is 2.62. The number of nitrogens with one attached hydrogen (secondary N) is 2. The molecule has 0 radical (unpaired) electrons. The molecule has 150 valence electrons. The lowest BCUT2D eigenvalue weighted by Gasteiger charge is -2.17. The number of carbonyl (C=O) groups excluding carboxylic acids is 1. The van der Waals surface area contributed by atoms with E-state index in [-0.39, 0.29) is 12.5 Å². The van der Waals surface area contributed by atoms with Crippen LogP contribution < -0.4 is 15.4 Å². The summed E-state index contributed by atoms with van der Waals surface area (Å²) in [5, 5.41) is 6.67. The highest BCUT2D eigenvalue weighted by Gasteiger charge is 2.07. The molecule has 0 aliphatic rings. The van der Waals surface area contributed by atoms with Gasteiger partial charge in [0.15, 0.2) is 12.6 Å². The molecule has 0 heterocycles. The van der Waals surface area contributed by atoms with E-state index in [1.54, 1.807) is 21.1 Å². The quantitative estimate of drug-likeness (QED) is 0.544. The van der Waals surface area contributed by atoms with Crippen molar-refractivity contribution in [3.8, 4) is 5.75 Å². The number of hydrogen-bond acceptors (Lipinski definition) is 3. The molecule has 6 nitrogen and oxygen atoms in total. The van der Waals surface area contributed by atoms with Gasteiger partial charge in [0.1, 0.15) is 5.75 Å². The van der Waals surface area contributed by atoms with Gasteiger partial charge in [-0.15, -0.1) is 0 Å². The smallest absolute Gasteiger partial charge is 0.259 e. The van der Waals surface area contributed by atoms with Crippen molar-refractivity contribution in [2.24, 2.45) is 4.99 Å². The zero-order chi connectivity index (χ0) is 20.4. The summed E-state index contributed by atoms with van der Waals surface area (Å²) < 4.78 is 5.57. The third kappa shape index (κ3) is 6.95. The van der Waals surface area contributed by atoms with Crippen molar-refractivity contribution < 1.29 is 9.53 Å². The number of ether oxygens (including phenoxy) is 1. The molecule has 0 bridgehead atoms. The van der Waals surface area contributed by atoms with Crippen molar-refractivity contribution in [2.75, 3.05) is 34.3 Å². The van der Waals surface area contributed by atoms with Gasteiger partial charge in [0.2, 0.25) is 0 Å². The second-order valence-corrected chi connectivity index (χ2v) is 6.84. The fourth-order valence-electron chi connectivity index (χ4n) is 2.57. The molecule has 0 fully saturated rings.